The van der Waals surface area contributed by atoms with E-state index in [0.717, 1.165) is 37.4 Å². The number of thiophene rings is 1. The highest BCUT2D eigenvalue weighted by atomic mass is 32.2. The molecule has 20 heavy (non-hydrogen) atoms. The Kier molecular flexibility index (Phi) is 4.79. The zero-order chi connectivity index (χ0) is 14.8. The second-order valence-corrected chi connectivity index (χ2v) is 7.55. The minimum Gasteiger partial charge on any atom is -0.477 e. The van der Waals surface area contributed by atoms with Gasteiger partial charge in [0.15, 0.2) is 0 Å². The van der Waals surface area contributed by atoms with Gasteiger partial charge in [-0.15, -0.1) is 11.3 Å². The van der Waals surface area contributed by atoms with Gasteiger partial charge in [-0.25, -0.2) is 13.2 Å². The van der Waals surface area contributed by atoms with Crippen molar-refractivity contribution in [2.24, 2.45) is 0 Å². The minimum atomic E-state index is -3.56. The summed E-state index contributed by atoms with van der Waals surface area (Å²) in [5.74, 6) is -1.09. The van der Waals surface area contributed by atoms with Crippen LogP contribution in [0.3, 0.4) is 0 Å². The van der Waals surface area contributed by atoms with E-state index in [1.807, 2.05) is 0 Å². The molecule has 0 radical (unpaired) electrons. The van der Waals surface area contributed by atoms with E-state index in [-0.39, 0.29) is 9.77 Å². The largest absolute Gasteiger partial charge is 0.477 e. The van der Waals surface area contributed by atoms with Crippen LogP contribution in [0.25, 0.3) is 0 Å². The molecule has 0 aromatic carbocycles. The highest BCUT2D eigenvalue weighted by Gasteiger charge is 2.29. The Morgan fingerprint density at radius 1 is 1.35 bits per heavy atom. The molecule has 0 unspecified atom stereocenters. The number of hydrogen-bond donors (Lipinski definition) is 1. The van der Waals surface area contributed by atoms with E-state index >= 15 is 0 Å². The van der Waals surface area contributed by atoms with Crippen molar-refractivity contribution in [3.8, 4) is 0 Å². The van der Waals surface area contributed by atoms with Gasteiger partial charge in [0.25, 0.3) is 0 Å². The Morgan fingerprint density at radius 3 is 2.50 bits per heavy atom. The van der Waals surface area contributed by atoms with Crippen molar-refractivity contribution in [1.29, 1.82) is 0 Å². The van der Waals surface area contributed by atoms with Gasteiger partial charge in [-0.2, -0.15) is 4.31 Å². The zero-order valence-corrected chi connectivity index (χ0v) is 12.9. The molecule has 0 aliphatic carbocycles. The minimum absolute atomic E-state index is 0.0493. The lowest BCUT2D eigenvalue weighted by atomic mass is 10.3. The van der Waals surface area contributed by atoms with Crippen molar-refractivity contribution >= 4 is 27.3 Å². The molecule has 2 heterocycles. The molecule has 1 aliphatic heterocycles. The van der Waals surface area contributed by atoms with E-state index < -0.39 is 16.0 Å². The predicted octanol–water partition coefficient (Wildman–Crippen LogP) is 1.16. The summed E-state index contributed by atoms with van der Waals surface area (Å²) in [5, 5.41) is 10.3. The van der Waals surface area contributed by atoms with Crippen LogP contribution >= 0.6 is 11.3 Å². The van der Waals surface area contributed by atoms with E-state index in [1.54, 1.807) is 0 Å². The number of carbonyl (C=O) groups is 1. The van der Waals surface area contributed by atoms with Crippen LogP contribution in [-0.4, -0.2) is 61.4 Å². The summed E-state index contributed by atoms with van der Waals surface area (Å²) in [5.41, 5.74) is 0. The summed E-state index contributed by atoms with van der Waals surface area (Å²) in [6, 6.07) is 1.24. The lowest BCUT2D eigenvalue weighted by Crippen LogP contribution is -2.48. The Hall–Kier alpha value is -0.960. The normalized spacial score (nSPS) is 18.2. The fourth-order valence-corrected chi connectivity index (χ4v) is 4.75. The summed E-state index contributed by atoms with van der Waals surface area (Å²) in [6.07, 6.45) is 1.05. The molecule has 1 aromatic heterocycles. The molecular weight excluding hydrogens is 300 g/mol. The highest BCUT2D eigenvalue weighted by molar-refractivity contribution is 7.89. The highest BCUT2D eigenvalue weighted by Crippen LogP contribution is 2.23. The topological polar surface area (TPSA) is 77.9 Å². The average molecular weight is 318 g/mol. The molecule has 1 aliphatic rings. The number of carboxylic acid groups (broad SMARTS) is 1. The van der Waals surface area contributed by atoms with Gasteiger partial charge in [0.05, 0.1) is 4.90 Å². The van der Waals surface area contributed by atoms with Crippen LogP contribution in [0.2, 0.25) is 0 Å². The zero-order valence-electron chi connectivity index (χ0n) is 11.3. The van der Waals surface area contributed by atoms with E-state index in [4.69, 9.17) is 5.11 Å². The monoisotopic (exact) mass is 318 g/mol. The van der Waals surface area contributed by atoms with Crippen LogP contribution in [0.1, 0.15) is 23.0 Å². The van der Waals surface area contributed by atoms with Gasteiger partial charge in [0.1, 0.15) is 4.88 Å². The molecule has 1 fully saturated rings. The van der Waals surface area contributed by atoms with Crippen LogP contribution in [0.4, 0.5) is 0 Å². The van der Waals surface area contributed by atoms with Crippen LogP contribution in [-0.2, 0) is 10.0 Å². The van der Waals surface area contributed by atoms with Crippen molar-refractivity contribution in [2.75, 3.05) is 32.7 Å². The Labute approximate surface area is 122 Å². The fourth-order valence-electron chi connectivity index (χ4n) is 2.23. The van der Waals surface area contributed by atoms with Gasteiger partial charge in [-0.1, -0.05) is 6.92 Å². The van der Waals surface area contributed by atoms with Crippen molar-refractivity contribution in [2.45, 2.75) is 18.2 Å². The molecule has 0 atom stereocenters. The summed E-state index contributed by atoms with van der Waals surface area (Å²) in [7, 11) is -3.56. The second-order valence-electron chi connectivity index (χ2n) is 4.70. The van der Waals surface area contributed by atoms with Gasteiger partial charge >= 0.3 is 5.97 Å². The molecule has 6 nitrogen and oxygen atoms in total. The molecule has 0 saturated carbocycles. The lowest BCUT2D eigenvalue weighted by molar-refractivity contribution is 0.0702. The van der Waals surface area contributed by atoms with Crippen LogP contribution < -0.4 is 0 Å². The van der Waals surface area contributed by atoms with Gasteiger partial charge in [-0.05, 0) is 19.0 Å². The maximum absolute atomic E-state index is 12.4. The molecule has 0 bridgehead atoms. The van der Waals surface area contributed by atoms with Gasteiger partial charge < -0.3 is 10.0 Å². The molecule has 1 aromatic rings. The third-order valence-electron chi connectivity index (χ3n) is 3.30. The maximum atomic E-state index is 12.4. The van der Waals surface area contributed by atoms with Crippen LogP contribution in [0, 0.1) is 0 Å². The van der Waals surface area contributed by atoms with E-state index in [0.29, 0.717) is 13.1 Å². The molecule has 8 heteroatoms. The first-order chi connectivity index (χ1) is 9.45. The maximum Gasteiger partial charge on any atom is 0.345 e. The Morgan fingerprint density at radius 2 is 2.00 bits per heavy atom. The van der Waals surface area contributed by atoms with E-state index in [1.165, 1.54) is 15.8 Å². The van der Waals surface area contributed by atoms with Crippen LogP contribution in [0.5, 0.6) is 0 Å². The molecular formula is C12H18N2O4S2. The first kappa shape index (κ1) is 15.4. The van der Waals surface area contributed by atoms with Crippen molar-refractivity contribution < 1.29 is 18.3 Å². The van der Waals surface area contributed by atoms with E-state index in [2.05, 4.69) is 11.8 Å². The third-order valence-corrected chi connectivity index (χ3v) is 6.24. The molecule has 0 amide bonds. The molecule has 1 N–H and O–H groups in total. The van der Waals surface area contributed by atoms with Crippen molar-refractivity contribution in [3.63, 3.8) is 0 Å². The number of nitrogens with zero attached hydrogens (tertiary/aromatic N) is 2. The number of carboxylic acids is 1. The Balaban J connectivity index is 2.09. The summed E-state index contributed by atoms with van der Waals surface area (Å²) in [4.78, 5) is 13.2. The summed E-state index contributed by atoms with van der Waals surface area (Å²) < 4.78 is 26.3. The number of sulfonamides is 1. The van der Waals surface area contributed by atoms with Gasteiger partial charge in [0, 0.05) is 31.6 Å². The number of piperazine rings is 1. The van der Waals surface area contributed by atoms with Gasteiger partial charge in [-0.3, -0.25) is 0 Å². The van der Waals surface area contributed by atoms with Gasteiger partial charge in [0.2, 0.25) is 10.0 Å². The standard InChI is InChI=1S/C12H18N2O4S2/c1-2-3-13-4-6-14(7-5-13)20(17,18)10-8-11(12(15)16)19-9-10/h8-9H,2-7H2,1H3,(H,15,16). The smallest absolute Gasteiger partial charge is 0.345 e. The van der Waals surface area contributed by atoms with Crippen molar-refractivity contribution in [1.82, 2.24) is 9.21 Å². The molecule has 112 valence electrons. The molecule has 0 spiro atoms. The third kappa shape index (κ3) is 3.20. The Bertz CT molecular complexity index is 574. The van der Waals surface area contributed by atoms with E-state index in [9.17, 15) is 13.2 Å². The SMILES string of the molecule is CCCN1CCN(S(=O)(=O)c2csc(C(=O)O)c2)CC1. The number of aromatic carboxylic acids is 1. The van der Waals surface area contributed by atoms with Crippen molar-refractivity contribution in [3.05, 3.63) is 16.3 Å². The number of hydrogen-bond acceptors (Lipinski definition) is 5. The quantitative estimate of drug-likeness (QED) is 0.881. The first-order valence-corrected chi connectivity index (χ1v) is 8.81. The first-order valence-electron chi connectivity index (χ1n) is 6.49. The predicted molar refractivity (Wildman–Crippen MR) is 76.8 cm³/mol. The number of rotatable bonds is 5. The van der Waals surface area contributed by atoms with Crippen LogP contribution in [0.15, 0.2) is 16.3 Å². The lowest BCUT2D eigenvalue weighted by Gasteiger charge is -2.33. The summed E-state index contributed by atoms with van der Waals surface area (Å²) >= 11 is 0.941. The second kappa shape index (κ2) is 6.21. The molecule has 1 saturated heterocycles. The average Bonchev–Trinajstić information content (AvgIpc) is 2.90. The molecule has 2 rings (SSSR count). The fraction of sp³-hybridized carbons (Fsp3) is 0.583. The summed E-state index contributed by atoms with van der Waals surface area (Å²) in [6.45, 7) is 5.45.